The van der Waals surface area contributed by atoms with Crippen molar-refractivity contribution in [3.63, 3.8) is 0 Å². The van der Waals surface area contributed by atoms with E-state index in [1.807, 2.05) is 0 Å². The predicted molar refractivity (Wildman–Crippen MR) is 291 cm³/mol. The molecule has 0 spiro atoms. The first-order valence-corrected chi connectivity index (χ1v) is 24.1. The van der Waals surface area contributed by atoms with Crippen LogP contribution in [0.4, 0.5) is 28.4 Å². The number of hydrogen-bond acceptors (Lipinski definition) is 2. The zero-order valence-electron chi connectivity index (χ0n) is 39.3. The van der Waals surface area contributed by atoms with E-state index in [2.05, 4.69) is 251 Å². The third-order valence-corrected chi connectivity index (χ3v) is 15.6. The number of aryl methyl sites for hydroxylation is 1. The Hall–Kier alpha value is -7.88. The topological polar surface area (TPSA) is 15.3 Å². The maximum absolute atomic E-state index is 3.97. The first kappa shape index (κ1) is 40.4. The van der Waals surface area contributed by atoms with Crippen LogP contribution < -0.4 is 21.1 Å². The van der Waals surface area contributed by atoms with Crippen molar-refractivity contribution in [2.45, 2.75) is 45.4 Å². The summed E-state index contributed by atoms with van der Waals surface area (Å²) in [4.78, 5) is 2.62. The second-order valence-corrected chi connectivity index (χ2v) is 20.2. The van der Waals surface area contributed by atoms with Gasteiger partial charge in [0.25, 0.3) is 0 Å². The van der Waals surface area contributed by atoms with Crippen molar-refractivity contribution >= 4 is 57.4 Å². The zero-order chi connectivity index (χ0) is 45.9. The van der Waals surface area contributed by atoms with Crippen LogP contribution in [0.15, 0.2) is 206 Å². The molecule has 0 bridgehead atoms. The lowest BCUT2D eigenvalue weighted by Gasteiger charge is -2.37. The van der Waals surface area contributed by atoms with Gasteiger partial charge in [0.15, 0.2) is 7.28 Å². The van der Waals surface area contributed by atoms with Gasteiger partial charge in [0.05, 0.1) is 0 Å². The molecule has 0 atom stereocenters. The van der Waals surface area contributed by atoms with E-state index in [0.29, 0.717) is 0 Å². The standard InChI is InChI=1S/C65H51BN2/c1-40-17-9-11-21-47(40)44-35-53(62-48-22-12-10-20-43(48)29-34-59(62)67-45-30-27-42(28-31-45)41-18-7-6-8-19-41)63-61(36-44)68(46-32-33-51-49-23-13-15-25-54(49)64(2,3)56(51)37-46)60-39-57-52(38-58(60)66-63)50-24-14-16-26-55(50)65(57,4)5/h6-39,66-67H,1-5H3. The Kier molecular flexibility index (Phi) is 8.96. The van der Waals surface area contributed by atoms with Gasteiger partial charge in [0.1, 0.15) is 0 Å². The van der Waals surface area contributed by atoms with Gasteiger partial charge >= 0.3 is 0 Å². The molecule has 0 radical (unpaired) electrons. The van der Waals surface area contributed by atoms with Gasteiger partial charge in [-0.05, 0) is 150 Å². The van der Waals surface area contributed by atoms with Crippen molar-refractivity contribution in [1.82, 2.24) is 0 Å². The Balaban J connectivity index is 1.08. The van der Waals surface area contributed by atoms with Gasteiger partial charge in [-0.25, -0.2) is 0 Å². The summed E-state index contributed by atoms with van der Waals surface area (Å²) in [6.45, 7) is 11.8. The molecule has 0 unspecified atom stereocenters. The largest absolute Gasteiger partial charge is 0.355 e. The molecule has 68 heavy (non-hydrogen) atoms. The number of benzene rings is 10. The van der Waals surface area contributed by atoms with Crippen LogP contribution in [0.1, 0.15) is 55.5 Å². The molecular weight excluding hydrogens is 820 g/mol. The van der Waals surface area contributed by atoms with E-state index in [1.54, 1.807) is 0 Å². The molecule has 0 aromatic heterocycles. The number of fused-ring (bicyclic) bond motifs is 9. The molecule has 3 heteroatoms. The monoisotopic (exact) mass is 870 g/mol. The van der Waals surface area contributed by atoms with Crippen LogP contribution in [0, 0.1) is 6.92 Å². The lowest BCUT2D eigenvalue weighted by Crippen LogP contribution is -2.41. The van der Waals surface area contributed by atoms with E-state index in [0.717, 1.165) is 18.7 Å². The highest BCUT2D eigenvalue weighted by atomic mass is 15.2. The molecule has 0 saturated heterocycles. The van der Waals surface area contributed by atoms with Crippen LogP contribution in [0.5, 0.6) is 0 Å². The van der Waals surface area contributed by atoms with E-state index >= 15 is 0 Å². The summed E-state index contributed by atoms with van der Waals surface area (Å²) >= 11 is 0. The van der Waals surface area contributed by atoms with Crippen molar-refractivity contribution in [2.24, 2.45) is 0 Å². The highest BCUT2D eigenvalue weighted by Gasteiger charge is 2.40. The van der Waals surface area contributed by atoms with E-state index in [9.17, 15) is 0 Å². The molecule has 1 N–H and O–H groups in total. The van der Waals surface area contributed by atoms with Gasteiger partial charge in [0, 0.05) is 44.8 Å². The van der Waals surface area contributed by atoms with Gasteiger partial charge in [-0.1, -0.05) is 191 Å². The summed E-state index contributed by atoms with van der Waals surface area (Å²) in [5.74, 6) is 0. The number of nitrogens with zero attached hydrogens (tertiary/aromatic N) is 1. The molecule has 1 aliphatic heterocycles. The van der Waals surface area contributed by atoms with Crippen molar-refractivity contribution in [3.8, 4) is 55.6 Å². The first-order chi connectivity index (χ1) is 33.1. The maximum Gasteiger partial charge on any atom is 0.198 e. The third-order valence-electron chi connectivity index (χ3n) is 15.6. The SMILES string of the molecule is Cc1ccccc1-c1cc(-c2c(Nc3ccc(-c4ccccc4)cc3)ccc3ccccc23)c2c(c1)N(c1ccc3c(c1)C(C)(C)c1ccccc1-3)c1cc3c(cc1B2)-c1ccccc1C3(C)C. The molecule has 1 heterocycles. The number of nitrogens with one attached hydrogen (secondary N) is 1. The number of anilines is 5. The Morgan fingerprint density at radius 1 is 0.426 bits per heavy atom. The van der Waals surface area contributed by atoms with Crippen LogP contribution in [0.2, 0.25) is 0 Å². The molecule has 10 aromatic carbocycles. The summed E-state index contributed by atoms with van der Waals surface area (Å²) in [7, 11) is 0.788. The average Bonchev–Trinajstić information content (AvgIpc) is 3.74. The van der Waals surface area contributed by atoms with Gasteiger partial charge in [-0.2, -0.15) is 0 Å². The van der Waals surface area contributed by atoms with E-state index in [1.165, 1.54) is 122 Å². The Labute approximate surface area is 400 Å². The minimum atomic E-state index is -0.151. The Morgan fingerprint density at radius 3 is 1.79 bits per heavy atom. The Morgan fingerprint density at radius 2 is 1.04 bits per heavy atom. The fourth-order valence-electron chi connectivity index (χ4n) is 12.1. The summed E-state index contributed by atoms with van der Waals surface area (Å²) in [6, 6.07) is 77.2. The zero-order valence-corrected chi connectivity index (χ0v) is 39.3. The quantitative estimate of drug-likeness (QED) is 0.168. The lowest BCUT2D eigenvalue weighted by atomic mass is 9.57. The summed E-state index contributed by atoms with van der Waals surface area (Å²) in [5.41, 5.74) is 27.6. The van der Waals surface area contributed by atoms with Gasteiger partial charge < -0.3 is 10.2 Å². The second-order valence-electron chi connectivity index (χ2n) is 20.2. The van der Waals surface area contributed by atoms with Crippen molar-refractivity contribution in [3.05, 3.63) is 234 Å². The molecule has 3 aliphatic rings. The minimum absolute atomic E-state index is 0.147. The normalized spacial score (nSPS) is 14.3. The van der Waals surface area contributed by atoms with Crippen molar-refractivity contribution < 1.29 is 0 Å². The fourth-order valence-corrected chi connectivity index (χ4v) is 12.1. The molecule has 0 fully saturated rings. The Bertz CT molecular complexity index is 3690. The molecular formula is C65H51BN2. The second kappa shape index (κ2) is 15.1. The molecule has 0 saturated carbocycles. The fraction of sp³-hybridized carbons (Fsp3) is 0.108. The van der Waals surface area contributed by atoms with E-state index in [4.69, 9.17) is 0 Å². The summed E-state index contributed by atoms with van der Waals surface area (Å²) in [6.07, 6.45) is 0. The molecule has 2 nitrogen and oxygen atoms in total. The van der Waals surface area contributed by atoms with Gasteiger partial charge in [-0.15, -0.1) is 0 Å². The average molecular weight is 871 g/mol. The van der Waals surface area contributed by atoms with Crippen LogP contribution >= 0.6 is 0 Å². The lowest BCUT2D eigenvalue weighted by molar-refractivity contribution is 0.660. The van der Waals surface area contributed by atoms with E-state index < -0.39 is 0 Å². The van der Waals surface area contributed by atoms with Crippen molar-refractivity contribution in [2.75, 3.05) is 10.2 Å². The van der Waals surface area contributed by atoms with Crippen LogP contribution in [0.3, 0.4) is 0 Å². The highest BCUT2D eigenvalue weighted by molar-refractivity contribution is 6.73. The molecule has 2 aliphatic carbocycles. The first-order valence-electron chi connectivity index (χ1n) is 24.1. The summed E-state index contributed by atoms with van der Waals surface area (Å²) < 4.78 is 0. The molecule has 13 rings (SSSR count). The van der Waals surface area contributed by atoms with Gasteiger partial charge in [0.2, 0.25) is 0 Å². The maximum atomic E-state index is 3.97. The minimum Gasteiger partial charge on any atom is -0.355 e. The molecule has 324 valence electrons. The molecule has 10 aromatic rings. The van der Waals surface area contributed by atoms with E-state index in [-0.39, 0.29) is 10.8 Å². The highest BCUT2D eigenvalue weighted by Crippen LogP contribution is 2.54. The number of rotatable bonds is 6. The van der Waals surface area contributed by atoms with Crippen LogP contribution in [-0.2, 0) is 10.8 Å². The summed E-state index contributed by atoms with van der Waals surface area (Å²) in [5, 5.41) is 6.41. The van der Waals surface area contributed by atoms with Crippen LogP contribution in [-0.4, -0.2) is 7.28 Å². The van der Waals surface area contributed by atoms with Gasteiger partial charge in [-0.3, -0.25) is 0 Å². The van der Waals surface area contributed by atoms with Crippen molar-refractivity contribution in [1.29, 1.82) is 0 Å². The third kappa shape index (κ3) is 6.11. The molecule has 0 amide bonds. The van der Waals surface area contributed by atoms with Crippen LogP contribution in [0.25, 0.3) is 66.4 Å². The predicted octanol–water partition coefficient (Wildman–Crippen LogP) is 15.7. The number of hydrogen-bond donors (Lipinski definition) is 1. The smallest absolute Gasteiger partial charge is 0.198 e.